The first-order chi connectivity index (χ1) is 13.9. The fraction of sp³-hybridized carbons (Fsp3) is 0.217. The lowest BCUT2D eigenvalue weighted by Crippen LogP contribution is -2.13. The van der Waals surface area contributed by atoms with E-state index >= 15 is 0 Å². The van der Waals surface area contributed by atoms with Crippen molar-refractivity contribution in [2.24, 2.45) is 0 Å². The van der Waals surface area contributed by atoms with E-state index in [1.54, 1.807) is 36.4 Å². The fourth-order valence-electron chi connectivity index (χ4n) is 3.60. The molecule has 0 amide bonds. The normalized spacial score (nSPS) is 18.0. The first-order valence-electron chi connectivity index (χ1n) is 9.42. The molecule has 29 heavy (non-hydrogen) atoms. The summed E-state index contributed by atoms with van der Waals surface area (Å²) in [7, 11) is -2.21. The Balaban J connectivity index is 1.68. The Hall–Kier alpha value is -2.99. The van der Waals surface area contributed by atoms with E-state index < -0.39 is 10.0 Å². The first kappa shape index (κ1) is 19.3. The maximum atomic E-state index is 12.8. The Morgan fingerprint density at radius 3 is 2.34 bits per heavy atom. The molecule has 1 N–H and O–H groups in total. The van der Waals surface area contributed by atoms with Crippen molar-refractivity contribution in [2.75, 3.05) is 11.8 Å². The van der Waals surface area contributed by atoms with E-state index in [1.165, 1.54) is 12.7 Å². The summed E-state index contributed by atoms with van der Waals surface area (Å²) >= 11 is 0. The summed E-state index contributed by atoms with van der Waals surface area (Å²) in [6.07, 6.45) is -0.128. The lowest BCUT2D eigenvalue weighted by Gasteiger charge is -2.16. The van der Waals surface area contributed by atoms with Crippen LogP contribution in [0.4, 0.5) is 5.69 Å². The first-order valence-corrected chi connectivity index (χ1v) is 10.9. The average Bonchev–Trinajstić information content (AvgIpc) is 3.04. The van der Waals surface area contributed by atoms with Gasteiger partial charge in [-0.15, -0.1) is 0 Å². The van der Waals surface area contributed by atoms with Crippen molar-refractivity contribution in [1.82, 2.24) is 0 Å². The highest BCUT2D eigenvalue weighted by atomic mass is 32.2. The Kier molecular flexibility index (Phi) is 4.96. The highest BCUT2D eigenvalue weighted by Gasteiger charge is 2.34. The summed E-state index contributed by atoms with van der Waals surface area (Å²) in [6.45, 7) is 4.13. The zero-order valence-electron chi connectivity index (χ0n) is 16.5. The van der Waals surface area contributed by atoms with E-state index in [0.29, 0.717) is 17.2 Å². The zero-order chi connectivity index (χ0) is 20.6. The molecular formula is C23H23NO4S. The predicted molar refractivity (Wildman–Crippen MR) is 113 cm³/mol. The molecule has 150 valence electrons. The summed E-state index contributed by atoms with van der Waals surface area (Å²) in [5, 5.41) is 0. The van der Waals surface area contributed by atoms with Gasteiger partial charge in [-0.25, -0.2) is 8.42 Å². The van der Waals surface area contributed by atoms with Gasteiger partial charge in [0.1, 0.15) is 17.6 Å². The molecule has 3 aromatic carbocycles. The number of nitrogens with one attached hydrogen (secondary N) is 1. The van der Waals surface area contributed by atoms with Crippen molar-refractivity contribution in [3.8, 4) is 11.5 Å². The van der Waals surface area contributed by atoms with Crippen molar-refractivity contribution < 1.29 is 17.9 Å². The van der Waals surface area contributed by atoms with E-state index in [-0.39, 0.29) is 16.9 Å². The molecule has 0 aromatic heterocycles. The number of anilines is 1. The third-order valence-electron chi connectivity index (χ3n) is 5.23. The maximum Gasteiger partial charge on any atom is 0.262 e. The SMILES string of the molecule is COc1cc2c(cc1NS(=O)(=O)c1ccccc1)[C@H](C)[C@@H](c1ccc(C)cc1)O2. The topological polar surface area (TPSA) is 64.6 Å². The number of hydrogen-bond acceptors (Lipinski definition) is 4. The van der Waals surface area contributed by atoms with Crippen LogP contribution in [0.2, 0.25) is 0 Å². The second-order valence-electron chi connectivity index (χ2n) is 7.25. The van der Waals surface area contributed by atoms with Crippen LogP contribution in [-0.2, 0) is 10.0 Å². The summed E-state index contributed by atoms with van der Waals surface area (Å²) in [5.41, 5.74) is 3.62. The van der Waals surface area contributed by atoms with Crippen LogP contribution in [0, 0.1) is 6.92 Å². The van der Waals surface area contributed by atoms with E-state index in [9.17, 15) is 8.42 Å². The van der Waals surface area contributed by atoms with Crippen LogP contribution < -0.4 is 14.2 Å². The van der Waals surface area contributed by atoms with Gasteiger partial charge in [0.25, 0.3) is 10.0 Å². The Labute approximate surface area is 171 Å². The van der Waals surface area contributed by atoms with Crippen LogP contribution >= 0.6 is 0 Å². The van der Waals surface area contributed by atoms with Gasteiger partial charge >= 0.3 is 0 Å². The molecule has 0 bridgehead atoms. The van der Waals surface area contributed by atoms with Crippen molar-refractivity contribution >= 4 is 15.7 Å². The van der Waals surface area contributed by atoms with Crippen LogP contribution in [0.5, 0.6) is 11.5 Å². The van der Waals surface area contributed by atoms with Crippen molar-refractivity contribution in [3.63, 3.8) is 0 Å². The van der Waals surface area contributed by atoms with Crippen LogP contribution in [0.15, 0.2) is 71.6 Å². The smallest absolute Gasteiger partial charge is 0.262 e. The molecule has 4 rings (SSSR count). The Morgan fingerprint density at radius 2 is 1.69 bits per heavy atom. The number of aryl methyl sites for hydroxylation is 1. The molecule has 0 saturated heterocycles. The Bertz CT molecular complexity index is 1130. The second-order valence-corrected chi connectivity index (χ2v) is 8.93. The molecule has 0 aliphatic carbocycles. The van der Waals surface area contributed by atoms with E-state index in [4.69, 9.17) is 9.47 Å². The maximum absolute atomic E-state index is 12.8. The summed E-state index contributed by atoms with van der Waals surface area (Å²) < 4.78 is 39.8. The predicted octanol–water partition coefficient (Wildman–Crippen LogP) is 5.04. The average molecular weight is 410 g/mol. The number of rotatable bonds is 5. The summed E-state index contributed by atoms with van der Waals surface area (Å²) in [4.78, 5) is 0.199. The number of methoxy groups -OCH3 is 1. The van der Waals surface area contributed by atoms with Crippen molar-refractivity contribution in [2.45, 2.75) is 30.8 Å². The molecule has 5 nitrogen and oxygen atoms in total. The van der Waals surface area contributed by atoms with Gasteiger partial charge in [0.15, 0.2) is 0 Å². The number of hydrogen-bond donors (Lipinski definition) is 1. The van der Waals surface area contributed by atoms with Crippen LogP contribution in [-0.4, -0.2) is 15.5 Å². The highest BCUT2D eigenvalue weighted by Crippen LogP contribution is 2.49. The minimum Gasteiger partial charge on any atom is -0.494 e. The Morgan fingerprint density at radius 1 is 1.00 bits per heavy atom. The van der Waals surface area contributed by atoms with Gasteiger partial charge in [0.05, 0.1) is 17.7 Å². The van der Waals surface area contributed by atoms with Gasteiger partial charge in [-0.1, -0.05) is 55.0 Å². The molecule has 3 aromatic rings. The van der Waals surface area contributed by atoms with Crippen molar-refractivity contribution in [1.29, 1.82) is 0 Å². The monoisotopic (exact) mass is 409 g/mol. The van der Waals surface area contributed by atoms with Crippen LogP contribution in [0.25, 0.3) is 0 Å². The molecule has 1 aliphatic heterocycles. The van der Waals surface area contributed by atoms with Gasteiger partial charge < -0.3 is 9.47 Å². The third-order valence-corrected chi connectivity index (χ3v) is 6.62. The van der Waals surface area contributed by atoms with E-state index in [1.807, 2.05) is 13.0 Å². The lowest BCUT2D eigenvalue weighted by atomic mass is 9.92. The van der Waals surface area contributed by atoms with Gasteiger partial charge in [0, 0.05) is 17.5 Å². The molecular weight excluding hydrogens is 386 g/mol. The standard InChI is InChI=1S/C23H23NO4S/c1-15-9-11-17(12-10-15)23-16(2)19-13-20(22(27-3)14-21(19)28-23)24-29(25,26)18-7-5-4-6-8-18/h4-14,16,23-24H,1-3H3/t16-,23-/m0/s1. The third kappa shape index (κ3) is 3.68. The van der Waals surface area contributed by atoms with E-state index in [0.717, 1.165) is 11.1 Å². The molecule has 1 aliphatic rings. The highest BCUT2D eigenvalue weighted by molar-refractivity contribution is 7.92. The minimum absolute atomic E-state index is 0.0681. The molecule has 6 heteroatoms. The molecule has 2 atom stereocenters. The summed E-state index contributed by atoms with van der Waals surface area (Å²) in [5.74, 6) is 1.20. The largest absolute Gasteiger partial charge is 0.494 e. The molecule has 0 saturated carbocycles. The van der Waals surface area contributed by atoms with Gasteiger partial charge in [0.2, 0.25) is 0 Å². The zero-order valence-corrected chi connectivity index (χ0v) is 17.4. The van der Waals surface area contributed by atoms with Gasteiger partial charge in [-0.3, -0.25) is 4.72 Å². The fourth-order valence-corrected chi connectivity index (χ4v) is 4.68. The van der Waals surface area contributed by atoms with Gasteiger partial charge in [-0.2, -0.15) is 0 Å². The molecule has 0 unspecified atom stereocenters. The summed E-state index contributed by atoms with van der Waals surface area (Å²) in [6, 6.07) is 20.1. The number of fused-ring (bicyclic) bond motifs is 1. The van der Waals surface area contributed by atoms with Gasteiger partial charge in [-0.05, 0) is 30.7 Å². The second kappa shape index (κ2) is 7.44. The van der Waals surface area contributed by atoms with Crippen LogP contribution in [0.1, 0.15) is 35.6 Å². The molecule has 1 heterocycles. The molecule has 0 spiro atoms. The van der Waals surface area contributed by atoms with Crippen LogP contribution in [0.3, 0.4) is 0 Å². The number of sulfonamides is 1. The number of ether oxygens (including phenoxy) is 2. The number of benzene rings is 3. The van der Waals surface area contributed by atoms with Crippen molar-refractivity contribution in [3.05, 3.63) is 83.4 Å². The molecule has 0 radical (unpaired) electrons. The lowest BCUT2D eigenvalue weighted by molar-refractivity contribution is 0.215. The minimum atomic E-state index is -3.72. The quantitative estimate of drug-likeness (QED) is 0.641. The van der Waals surface area contributed by atoms with E-state index in [2.05, 4.69) is 35.9 Å². The molecule has 0 fully saturated rings.